The van der Waals surface area contributed by atoms with E-state index in [2.05, 4.69) is 10.6 Å². The van der Waals surface area contributed by atoms with Gasteiger partial charge in [0.25, 0.3) is 0 Å². The lowest BCUT2D eigenvalue weighted by molar-refractivity contribution is -0.120. The molecule has 1 rings (SSSR count). The van der Waals surface area contributed by atoms with Crippen molar-refractivity contribution in [1.29, 1.82) is 0 Å². The largest absolute Gasteiger partial charge is 0.492 e. The number of hydrogen-bond donors (Lipinski definition) is 2. The van der Waals surface area contributed by atoms with Crippen LogP contribution in [0.25, 0.3) is 0 Å². The van der Waals surface area contributed by atoms with Crippen molar-refractivity contribution in [1.82, 2.24) is 10.6 Å². The molecule has 0 bridgehead atoms. The number of carbonyl (C=O) groups is 1. The molecule has 2 N–H and O–H groups in total. The molecule has 18 heavy (non-hydrogen) atoms. The monoisotopic (exact) mass is 250 g/mol. The van der Waals surface area contributed by atoms with Crippen LogP contribution in [0.3, 0.4) is 0 Å². The Balaban J connectivity index is 2.03. The summed E-state index contributed by atoms with van der Waals surface area (Å²) in [6.07, 6.45) is 0.947. The topological polar surface area (TPSA) is 50.4 Å². The molecule has 1 aromatic carbocycles. The summed E-state index contributed by atoms with van der Waals surface area (Å²) in [6, 6.07) is 9.88. The van der Waals surface area contributed by atoms with Crippen LogP contribution in [0.2, 0.25) is 0 Å². The fourth-order valence-corrected chi connectivity index (χ4v) is 1.39. The molecule has 1 atom stereocenters. The molecule has 0 fully saturated rings. The van der Waals surface area contributed by atoms with Gasteiger partial charge in [0.15, 0.2) is 0 Å². The number of rotatable bonds is 8. The van der Waals surface area contributed by atoms with E-state index in [0.717, 1.165) is 12.2 Å². The molecule has 0 saturated carbocycles. The van der Waals surface area contributed by atoms with E-state index < -0.39 is 0 Å². The molecule has 0 aromatic heterocycles. The minimum absolute atomic E-state index is 0.0315. The highest BCUT2D eigenvalue weighted by Gasteiger charge is 2.03. The molecular weight excluding hydrogens is 228 g/mol. The zero-order valence-electron chi connectivity index (χ0n) is 11.1. The minimum atomic E-state index is 0.0315. The summed E-state index contributed by atoms with van der Waals surface area (Å²) in [6.45, 7) is 5.59. The summed E-state index contributed by atoms with van der Waals surface area (Å²) < 4.78 is 5.50. The van der Waals surface area contributed by atoms with Crippen LogP contribution >= 0.6 is 0 Å². The predicted octanol–water partition coefficient (Wildman–Crippen LogP) is 1.57. The van der Waals surface area contributed by atoms with Crippen LogP contribution in [-0.4, -0.2) is 31.6 Å². The Bertz CT molecular complexity index is 341. The van der Waals surface area contributed by atoms with E-state index in [1.54, 1.807) is 0 Å². The standard InChI is InChI=1S/C14H22N2O2/c1-3-12(2)16-14(17)11-15-9-10-18-13-7-5-4-6-8-13/h4-8,12,15H,3,9-11H2,1-2H3,(H,16,17). The van der Waals surface area contributed by atoms with Gasteiger partial charge in [0.2, 0.25) is 5.91 Å². The first-order valence-corrected chi connectivity index (χ1v) is 6.40. The van der Waals surface area contributed by atoms with Gasteiger partial charge in [0, 0.05) is 12.6 Å². The molecular formula is C14H22N2O2. The van der Waals surface area contributed by atoms with Gasteiger partial charge in [0.05, 0.1) is 6.54 Å². The summed E-state index contributed by atoms with van der Waals surface area (Å²) >= 11 is 0. The highest BCUT2D eigenvalue weighted by Crippen LogP contribution is 2.07. The summed E-state index contributed by atoms with van der Waals surface area (Å²) in [4.78, 5) is 11.4. The summed E-state index contributed by atoms with van der Waals surface area (Å²) in [5.74, 6) is 0.882. The Morgan fingerprint density at radius 3 is 2.72 bits per heavy atom. The average molecular weight is 250 g/mol. The number of nitrogens with one attached hydrogen (secondary N) is 2. The van der Waals surface area contributed by atoms with Crippen molar-refractivity contribution in [2.75, 3.05) is 19.7 Å². The third-order valence-corrected chi connectivity index (χ3v) is 2.60. The van der Waals surface area contributed by atoms with Crippen molar-refractivity contribution in [2.45, 2.75) is 26.3 Å². The summed E-state index contributed by atoms with van der Waals surface area (Å²) in [7, 11) is 0. The van der Waals surface area contributed by atoms with Crippen molar-refractivity contribution in [3.8, 4) is 5.75 Å². The van der Waals surface area contributed by atoms with Crippen molar-refractivity contribution < 1.29 is 9.53 Å². The van der Waals surface area contributed by atoms with Crippen LogP contribution in [-0.2, 0) is 4.79 Å². The van der Waals surface area contributed by atoms with Gasteiger partial charge in [-0.15, -0.1) is 0 Å². The smallest absolute Gasteiger partial charge is 0.234 e. The molecule has 1 unspecified atom stereocenters. The summed E-state index contributed by atoms with van der Waals surface area (Å²) in [5.41, 5.74) is 0. The Labute approximate surface area is 109 Å². The van der Waals surface area contributed by atoms with Gasteiger partial charge in [-0.2, -0.15) is 0 Å². The number of para-hydroxylation sites is 1. The fourth-order valence-electron chi connectivity index (χ4n) is 1.39. The number of benzene rings is 1. The van der Waals surface area contributed by atoms with Crippen LogP contribution in [0.15, 0.2) is 30.3 Å². The molecule has 0 radical (unpaired) electrons. The van der Waals surface area contributed by atoms with Gasteiger partial charge in [-0.1, -0.05) is 25.1 Å². The van der Waals surface area contributed by atoms with Gasteiger partial charge in [-0.3, -0.25) is 4.79 Å². The van der Waals surface area contributed by atoms with Crippen molar-refractivity contribution in [3.63, 3.8) is 0 Å². The van der Waals surface area contributed by atoms with Gasteiger partial charge in [-0.05, 0) is 25.5 Å². The third kappa shape index (κ3) is 6.25. The molecule has 0 heterocycles. The molecule has 0 spiro atoms. The van der Waals surface area contributed by atoms with Crippen LogP contribution < -0.4 is 15.4 Å². The van der Waals surface area contributed by atoms with E-state index in [0.29, 0.717) is 19.7 Å². The van der Waals surface area contributed by atoms with Crippen LogP contribution in [0.5, 0.6) is 5.75 Å². The molecule has 0 aliphatic heterocycles. The van der Waals surface area contributed by atoms with E-state index in [-0.39, 0.29) is 11.9 Å². The second-order valence-corrected chi connectivity index (χ2v) is 4.22. The maximum atomic E-state index is 11.4. The molecule has 0 aliphatic rings. The molecule has 0 aliphatic carbocycles. The highest BCUT2D eigenvalue weighted by atomic mass is 16.5. The van der Waals surface area contributed by atoms with Gasteiger partial charge >= 0.3 is 0 Å². The van der Waals surface area contributed by atoms with Gasteiger partial charge in [0.1, 0.15) is 12.4 Å². The number of ether oxygens (including phenoxy) is 1. The van der Waals surface area contributed by atoms with Gasteiger partial charge in [-0.25, -0.2) is 0 Å². The normalized spacial score (nSPS) is 11.9. The maximum Gasteiger partial charge on any atom is 0.234 e. The molecule has 4 nitrogen and oxygen atoms in total. The van der Waals surface area contributed by atoms with Crippen molar-refractivity contribution in [2.24, 2.45) is 0 Å². The van der Waals surface area contributed by atoms with Crippen LogP contribution in [0.1, 0.15) is 20.3 Å². The predicted molar refractivity (Wildman–Crippen MR) is 72.7 cm³/mol. The van der Waals surface area contributed by atoms with E-state index in [1.165, 1.54) is 0 Å². The second-order valence-electron chi connectivity index (χ2n) is 4.22. The number of hydrogen-bond acceptors (Lipinski definition) is 3. The second kappa shape index (κ2) is 8.53. The lowest BCUT2D eigenvalue weighted by Gasteiger charge is -2.12. The summed E-state index contributed by atoms with van der Waals surface area (Å²) in [5, 5.41) is 5.94. The third-order valence-electron chi connectivity index (χ3n) is 2.60. The Hall–Kier alpha value is -1.55. The Morgan fingerprint density at radius 1 is 1.33 bits per heavy atom. The number of carbonyl (C=O) groups excluding carboxylic acids is 1. The molecule has 4 heteroatoms. The Kier molecular flexibility index (Phi) is 6.87. The average Bonchev–Trinajstić information content (AvgIpc) is 2.39. The van der Waals surface area contributed by atoms with Crippen LogP contribution in [0.4, 0.5) is 0 Å². The SMILES string of the molecule is CCC(C)NC(=O)CNCCOc1ccccc1. The van der Waals surface area contributed by atoms with Crippen LogP contribution in [0, 0.1) is 0 Å². The molecule has 100 valence electrons. The van der Waals surface area contributed by atoms with E-state index in [9.17, 15) is 4.79 Å². The van der Waals surface area contributed by atoms with E-state index >= 15 is 0 Å². The first kappa shape index (κ1) is 14.5. The highest BCUT2D eigenvalue weighted by molar-refractivity contribution is 5.78. The maximum absolute atomic E-state index is 11.4. The zero-order valence-corrected chi connectivity index (χ0v) is 11.1. The minimum Gasteiger partial charge on any atom is -0.492 e. The fraction of sp³-hybridized carbons (Fsp3) is 0.500. The van der Waals surface area contributed by atoms with Crippen molar-refractivity contribution in [3.05, 3.63) is 30.3 Å². The molecule has 1 aromatic rings. The van der Waals surface area contributed by atoms with Gasteiger partial charge < -0.3 is 15.4 Å². The first-order valence-electron chi connectivity index (χ1n) is 6.40. The molecule has 1 amide bonds. The number of amides is 1. The molecule has 0 saturated heterocycles. The van der Waals surface area contributed by atoms with E-state index in [4.69, 9.17) is 4.74 Å². The quantitative estimate of drug-likeness (QED) is 0.689. The first-order chi connectivity index (χ1) is 8.72. The lowest BCUT2D eigenvalue weighted by atomic mass is 10.2. The lowest BCUT2D eigenvalue weighted by Crippen LogP contribution is -2.39. The van der Waals surface area contributed by atoms with Crippen molar-refractivity contribution >= 4 is 5.91 Å². The zero-order chi connectivity index (χ0) is 13.2. The Morgan fingerprint density at radius 2 is 2.06 bits per heavy atom. The van der Waals surface area contributed by atoms with E-state index in [1.807, 2.05) is 44.2 Å².